The second-order valence-corrected chi connectivity index (χ2v) is 3.22. The third kappa shape index (κ3) is 1.37. The van der Waals surface area contributed by atoms with E-state index in [0.717, 1.165) is 16.5 Å². The summed E-state index contributed by atoms with van der Waals surface area (Å²) in [5, 5.41) is 1.87. The maximum Gasteiger partial charge on any atom is 0.0645 e. The predicted molar refractivity (Wildman–Crippen MR) is 58.3 cm³/mol. The highest BCUT2D eigenvalue weighted by Crippen LogP contribution is 2.24. The third-order valence-corrected chi connectivity index (χ3v) is 2.07. The molecule has 2 aromatic carbocycles. The van der Waals surface area contributed by atoms with E-state index in [1.807, 2.05) is 43.3 Å². The molecule has 0 bridgehead atoms. The van der Waals surface area contributed by atoms with Crippen LogP contribution in [0, 0.1) is 0 Å². The van der Waals surface area contributed by atoms with E-state index in [-0.39, 0.29) is 0 Å². The van der Waals surface area contributed by atoms with Crippen molar-refractivity contribution in [2.24, 2.45) is 0 Å². The van der Waals surface area contributed by atoms with Crippen molar-refractivity contribution in [1.29, 1.82) is 0 Å². The average Bonchev–Trinajstić information content (AvgIpc) is 2.17. The van der Waals surface area contributed by atoms with E-state index in [2.05, 4.69) is 0 Å². The number of anilines is 1. The lowest BCUT2D eigenvalue weighted by molar-refractivity contribution is 1.14. The van der Waals surface area contributed by atoms with Crippen LogP contribution in [0.15, 0.2) is 42.4 Å². The van der Waals surface area contributed by atoms with Crippen LogP contribution in [0.25, 0.3) is 10.8 Å². The fraction of sp³-hybridized carbons (Fsp3) is 0.167. The van der Waals surface area contributed by atoms with E-state index in [9.17, 15) is 0 Å². The van der Waals surface area contributed by atoms with Gasteiger partial charge in [-0.2, -0.15) is 0 Å². The van der Waals surface area contributed by atoms with Crippen molar-refractivity contribution in [2.45, 2.75) is 0 Å². The number of hydrogen-bond donors (Lipinski definition) is 0. The summed E-state index contributed by atoms with van der Waals surface area (Å²) in [6, 6.07) is 10.2. The molecule has 0 saturated heterocycles. The van der Waals surface area contributed by atoms with Gasteiger partial charge in [-0.3, -0.25) is 0 Å². The first-order chi connectivity index (χ1) is 7.11. The lowest BCUT2D eigenvalue weighted by atomic mass is 10.1. The first-order valence-corrected chi connectivity index (χ1v) is 4.27. The molecule has 0 aliphatic rings. The summed E-state index contributed by atoms with van der Waals surface area (Å²) in [6.07, 6.45) is 0. The largest absolute Gasteiger partial charge is 0.377 e. The maximum atomic E-state index is 7.86. The van der Waals surface area contributed by atoms with Crippen LogP contribution in [0.1, 0.15) is 2.74 Å². The van der Waals surface area contributed by atoms with Gasteiger partial charge in [0, 0.05) is 25.2 Å². The summed E-state index contributed by atoms with van der Waals surface area (Å²) >= 11 is 0. The fourth-order valence-electron chi connectivity index (χ4n) is 1.45. The molecule has 0 N–H and O–H groups in total. The molecule has 0 aliphatic carbocycles. The Hall–Kier alpha value is -1.50. The number of nitrogens with zero attached hydrogens (tertiary/aromatic N) is 1. The standard InChI is InChI=1S/C12H13N/c1-13(2)12-9-5-7-10-6-3-4-8-11(10)12/h3-9H,1-2H3/i7D,9D. The molecule has 1 nitrogen and oxygen atoms in total. The Labute approximate surface area is 81.4 Å². The minimum absolute atomic E-state index is 0.406. The van der Waals surface area contributed by atoms with Gasteiger partial charge in [0.1, 0.15) is 0 Å². The number of benzene rings is 2. The molecule has 0 unspecified atom stereocenters. The number of hydrogen-bond acceptors (Lipinski definition) is 1. The Morgan fingerprint density at radius 3 is 2.62 bits per heavy atom. The Bertz CT molecular complexity index is 506. The van der Waals surface area contributed by atoms with Gasteiger partial charge in [-0.05, 0) is 11.4 Å². The molecule has 2 aromatic rings. The second-order valence-electron chi connectivity index (χ2n) is 3.22. The fourth-order valence-corrected chi connectivity index (χ4v) is 1.45. The van der Waals surface area contributed by atoms with Gasteiger partial charge in [0.05, 0.1) is 2.74 Å². The molecule has 0 atom stereocenters. The molecule has 0 spiro atoms. The van der Waals surface area contributed by atoms with E-state index < -0.39 is 0 Å². The van der Waals surface area contributed by atoms with Gasteiger partial charge >= 0.3 is 0 Å². The molecule has 0 fully saturated rings. The van der Waals surface area contributed by atoms with E-state index in [1.165, 1.54) is 0 Å². The topological polar surface area (TPSA) is 3.24 Å². The molecule has 1 heteroatoms. The minimum Gasteiger partial charge on any atom is -0.377 e. The van der Waals surface area contributed by atoms with Crippen LogP contribution in [0.4, 0.5) is 5.69 Å². The second kappa shape index (κ2) is 3.09. The summed E-state index contributed by atoms with van der Waals surface area (Å²) in [6.45, 7) is 0. The van der Waals surface area contributed by atoms with Crippen LogP contribution >= 0.6 is 0 Å². The summed E-state index contributed by atoms with van der Waals surface area (Å²) in [5.41, 5.74) is 0.876. The first-order valence-electron chi connectivity index (χ1n) is 5.27. The van der Waals surface area contributed by atoms with Gasteiger partial charge in [-0.15, -0.1) is 0 Å². The maximum absolute atomic E-state index is 7.86. The monoisotopic (exact) mass is 173 g/mol. The Kier molecular flexibility index (Phi) is 1.44. The van der Waals surface area contributed by atoms with E-state index in [4.69, 9.17) is 2.74 Å². The van der Waals surface area contributed by atoms with Crippen molar-refractivity contribution < 1.29 is 2.74 Å². The molecule has 0 heterocycles. The van der Waals surface area contributed by atoms with Crippen molar-refractivity contribution in [2.75, 3.05) is 19.0 Å². The molecule has 0 amide bonds. The van der Waals surface area contributed by atoms with Gasteiger partial charge in [0.2, 0.25) is 0 Å². The van der Waals surface area contributed by atoms with E-state index >= 15 is 0 Å². The van der Waals surface area contributed by atoms with Gasteiger partial charge in [0.25, 0.3) is 0 Å². The minimum atomic E-state index is 0.406. The molecule has 0 aromatic heterocycles. The summed E-state index contributed by atoms with van der Waals surface area (Å²) in [5.74, 6) is 0. The quantitative estimate of drug-likeness (QED) is 0.641. The van der Waals surface area contributed by atoms with E-state index in [0.29, 0.717) is 12.1 Å². The number of fused-ring (bicyclic) bond motifs is 1. The molecule has 66 valence electrons. The van der Waals surface area contributed by atoms with E-state index in [1.54, 1.807) is 6.07 Å². The predicted octanol–water partition coefficient (Wildman–Crippen LogP) is 2.91. The highest BCUT2D eigenvalue weighted by Gasteiger charge is 1.99. The summed E-state index contributed by atoms with van der Waals surface area (Å²) < 4.78 is 15.7. The molecule has 0 aliphatic heterocycles. The third-order valence-electron chi connectivity index (χ3n) is 2.07. The van der Waals surface area contributed by atoms with Gasteiger partial charge in [0.15, 0.2) is 0 Å². The zero-order chi connectivity index (χ0) is 11.0. The molecular weight excluding hydrogens is 158 g/mol. The van der Waals surface area contributed by atoms with Crippen LogP contribution in [0.5, 0.6) is 0 Å². The molecule has 13 heavy (non-hydrogen) atoms. The van der Waals surface area contributed by atoms with Crippen molar-refractivity contribution in [1.82, 2.24) is 0 Å². The smallest absolute Gasteiger partial charge is 0.0645 e. The van der Waals surface area contributed by atoms with Gasteiger partial charge < -0.3 is 4.90 Å². The molecule has 0 saturated carbocycles. The van der Waals surface area contributed by atoms with Crippen LogP contribution in [-0.2, 0) is 0 Å². The first kappa shape index (κ1) is 6.03. The lowest BCUT2D eigenvalue weighted by Gasteiger charge is -2.14. The van der Waals surface area contributed by atoms with Crippen molar-refractivity contribution in [3.05, 3.63) is 42.4 Å². The van der Waals surface area contributed by atoms with Crippen LogP contribution in [0.3, 0.4) is 0 Å². The average molecular weight is 173 g/mol. The zero-order valence-corrected chi connectivity index (χ0v) is 7.83. The van der Waals surface area contributed by atoms with Crippen molar-refractivity contribution in [3.63, 3.8) is 0 Å². The molecular formula is C12H13N. The summed E-state index contributed by atoms with van der Waals surface area (Å²) in [7, 11) is 3.84. The van der Waals surface area contributed by atoms with Crippen molar-refractivity contribution in [3.8, 4) is 0 Å². The lowest BCUT2D eigenvalue weighted by Crippen LogP contribution is -2.08. The zero-order valence-electron chi connectivity index (χ0n) is 9.83. The Balaban J connectivity index is 2.90. The van der Waals surface area contributed by atoms with Gasteiger partial charge in [-0.1, -0.05) is 36.4 Å². The van der Waals surface area contributed by atoms with Crippen LogP contribution < -0.4 is 4.90 Å². The normalized spacial score (nSPS) is 12.5. The van der Waals surface area contributed by atoms with Crippen molar-refractivity contribution >= 4 is 16.5 Å². The SMILES string of the molecule is [2H]c1cc([2H])c2ccccc2c1N(C)C. The van der Waals surface area contributed by atoms with Crippen LogP contribution in [0.2, 0.25) is 0 Å². The summed E-state index contributed by atoms with van der Waals surface area (Å²) in [4.78, 5) is 1.92. The Morgan fingerprint density at radius 2 is 1.85 bits per heavy atom. The molecule has 2 rings (SSSR count). The Morgan fingerprint density at radius 1 is 1.08 bits per heavy atom. The number of rotatable bonds is 1. The van der Waals surface area contributed by atoms with Crippen LogP contribution in [-0.4, -0.2) is 14.1 Å². The highest BCUT2D eigenvalue weighted by atomic mass is 15.1. The molecule has 0 radical (unpaired) electrons. The van der Waals surface area contributed by atoms with Gasteiger partial charge in [-0.25, -0.2) is 0 Å². The highest BCUT2D eigenvalue weighted by molar-refractivity contribution is 5.94.